The van der Waals surface area contributed by atoms with Crippen LogP contribution in [0.1, 0.15) is 115 Å². The van der Waals surface area contributed by atoms with Crippen LogP contribution in [0.15, 0.2) is 292 Å². The summed E-state index contributed by atoms with van der Waals surface area (Å²) < 4.78 is 16.7. The van der Waals surface area contributed by atoms with Gasteiger partial charge >= 0.3 is 0 Å². The third kappa shape index (κ3) is 22.7. The molecule has 0 N–H and O–H groups in total. The van der Waals surface area contributed by atoms with E-state index in [-0.39, 0.29) is 101 Å². The zero-order valence-electron chi connectivity index (χ0n) is 80.3. The van der Waals surface area contributed by atoms with Crippen molar-refractivity contribution in [2.45, 2.75) is 123 Å². The fourth-order valence-electron chi connectivity index (χ4n) is 18.2. The van der Waals surface area contributed by atoms with E-state index in [0.717, 1.165) is 145 Å². The van der Waals surface area contributed by atoms with Gasteiger partial charge in [0.15, 0.2) is 0 Å². The fourth-order valence-corrected chi connectivity index (χ4v) is 22.1. The Labute approximate surface area is 910 Å². The van der Waals surface area contributed by atoms with Gasteiger partial charge in [-0.15, -0.1) is 119 Å². The summed E-state index contributed by atoms with van der Waals surface area (Å²) in [7, 11) is 0. The summed E-state index contributed by atoms with van der Waals surface area (Å²) in [6, 6.07) is 97.4. The predicted molar refractivity (Wildman–Crippen MR) is 566 cm³/mol. The van der Waals surface area contributed by atoms with Crippen molar-refractivity contribution in [3.8, 4) is 119 Å². The molecule has 717 valence electrons. The second-order valence-electron chi connectivity index (χ2n) is 34.6. The molecule has 0 fully saturated rings. The van der Waals surface area contributed by atoms with Gasteiger partial charge in [0.25, 0.3) is 0 Å². The maximum atomic E-state index is 4.75. The number of aryl methyl sites for hydroxylation is 12. The van der Waals surface area contributed by atoms with Crippen LogP contribution in [0.4, 0.5) is 0 Å². The summed E-state index contributed by atoms with van der Waals surface area (Å²) >= 11 is 8.47. The Morgan fingerprint density at radius 1 is 0.241 bits per heavy atom. The van der Waals surface area contributed by atoms with Crippen molar-refractivity contribution < 1.29 is 101 Å². The molecule has 13 aromatic carbocycles. The summed E-state index contributed by atoms with van der Waals surface area (Å²) in [5.41, 5.74) is 34.2. The molecule has 0 aliphatic rings. The summed E-state index contributed by atoms with van der Waals surface area (Å²) in [6.07, 6.45) is 19.4. The van der Waals surface area contributed by atoms with Crippen LogP contribution >= 0.6 is 56.7 Å². The van der Waals surface area contributed by atoms with E-state index in [0.29, 0.717) is 11.8 Å². The number of hydrogen-bond acceptors (Lipinski definition) is 15. The summed E-state index contributed by atoms with van der Waals surface area (Å²) in [4.78, 5) is 46.4. The van der Waals surface area contributed by atoms with E-state index in [4.69, 9.17) is 4.98 Å². The molecule has 0 aliphatic heterocycles. The Balaban J connectivity index is 0.000000140. The van der Waals surface area contributed by atoms with Crippen LogP contribution in [0.2, 0.25) is 0 Å². The average Bonchev–Trinajstić information content (AvgIpc) is 1.66. The van der Waals surface area contributed by atoms with Crippen LogP contribution in [0, 0.1) is 113 Å². The van der Waals surface area contributed by atoms with Crippen molar-refractivity contribution in [2.75, 3.05) is 0 Å². The number of aromatic nitrogens is 15. The number of rotatable bonds is 15. The number of thiazole rings is 5. The van der Waals surface area contributed by atoms with Crippen molar-refractivity contribution >= 4 is 108 Å². The van der Waals surface area contributed by atoms with Gasteiger partial charge in [0.05, 0.1) is 59.8 Å². The molecule has 141 heavy (non-hydrogen) atoms. The van der Waals surface area contributed by atoms with Gasteiger partial charge in [-0.3, -0.25) is 49.8 Å². The second kappa shape index (κ2) is 46.3. The SMILES string of the molecule is Cc1cc(C)c(-n2ccnc2-c2[c-]cc3sc(C)nc3c2)c(C)c1.Cc1nc2cc(-c3nccn3-c3c(-c4ccccc4)cccc3-c3ccccc3)[c-]cc2s1.Cc1nc2cc(-c3nccn3-c3c(C(C)C)cccc3C(C)C)[c-]cc2s1.Cc1nc2cc(-c3nccn3-c3c(C)cc(-c4ccccc4)cc3C)[c-]cc2s1.Cc1nc2cc(-c3nccn3-c3c(C)cccc3C)[c-]cc2s1.[Ir].[Ir].[Ir].[Ir].[Ir]. The molecule has 0 unspecified atom stereocenters. The van der Waals surface area contributed by atoms with E-state index in [1.807, 2.05) is 139 Å². The fraction of sp³-hybridized carbons (Fsp3) is 0.155. The van der Waals surface area contributed by atoms with Crippen molar-refractivity contribution in [3.63, 3.8) is 0 Å². The molecular formula is C116H98Ir5N15S5-5. The van der Waals surface area contributed by atoms with Gasteiger partial charge in [-0.1, -0.05) is 191 Å². The summed E-state index contributed by atoms with van der Waals surface area (Å²) in [6.45, 7) is 34.2. The molecule has 23 rings (SSSR count). The molecule has 0 aliphatic carbocycles. The van der Waals surface area contributed by atoms with E-state index >= 15 is 0 Å². The van der Waals surface area contributed by atoms with Crippen LogP contribution in [-0.4, -0.2) is 72.7 Å². The number of benzene rings is 13. The van der Waals surface area contributed by atoms with E-state index in [9.17, 15) is 0 Å². The minimum absolute atomic E-state index is 0. The van der Waals surface area contributed by atoms with Gasteiger partial charge in [0, 0.05) is 196 Å². The summed E-state index contributed by atoms with van der Waals surface area (Å²) in [5, 5.41) is 5.34. The molecule has 0 saturated carbocycles. The largest absolute Gasteiger partial charge is 0.340 e. The van der Waals surface area contributed by atoms with Gasteiger partial charge in [-0.25, -0.2) is 0 Å². The van der Waals surface area contributed by atoms with Crippen LogP contribution < -0.4 is 0 Å². The third-order valence-corrected chi connectivity index (χ3v) is 28.6. The Morgan fingerprint density at radius 3 is 0.780 bits per heavy atom. The van der Waals surface area contributed by atoms with Crippen LogP contribution in [0.3, 0.4) is 0 Å². The molecule has 25 heteroatoms. The van der Waals surface area contributed by atoms with Gasteiger partial charge in [0.1, 0.15) is 0 Å². The number of imidazole rings is 5. The zero-order chi connectivity index (χ0) is 94.1. The Kier molecular flexibility index (Phi) is 34.6. The average molecular weight is 2820 g/mol. The first-order valence-corrected chi connectivity index (χ1v) is 49.4. The molecule has 10 heterocycles. The first-order valence-electron chi connectivity index (χ1n) is 45.3. The van der Waals surface area contributed by atoms with Crippen LogP contribution in [0.5, 0.6) is 0 Å². The first-order chi connectivity index (χ1) is 66.0. The van der Waals surface area contributed by atoms with Crippen molar-refractivity contribution in [2.24, 2.45) is 0 Å². The quantitative estimate of drug-likeness (QED) is 0.0906. The zero-order valence-corrected chi connectivity index (χ0v) is 96.3. The Morgan fingerprint density at radius 2 is 0.489 bits per heavy atom. The molecule has 0 spiro atoms. The van der Waals surface area contributed by atoms with Crippen LogP contribution in [-0.2, 0) is 101 Å². The number of hydrogen-bond donors (Lipinski definition) is 0. The molecule has 0 saturated heterocycles. The predicted octanol–water partition coefficient (Wildman–Crippen LogP) is 30.7. The number of nitrogens with zero attached hydrogens (tertiary/aromatic N) is 15. The van der Waals surface area contributed by atoms with E-state index in [1.54, 1.807) is 56.7 Å². The van der Waals surface area contributed by atoms with E-state index in [1.165, 1.54) is 99.8 Å². The van der Waals surface area contributed by atoms with Gasteiger partial charge < -0.3 is 22.8 Å². The van der Waals surface area contributed by atoms with Crippen molar-refractivity contribution in [1.82, 2.24) is 72.7 Å². The number of para-hydroxylation sites is 3. The van der Waals surface area contributed by atoms with Crippen molar-refractivity contribution in [3.05, 3.63) is 398 Å². The molecule has 10 aromatic heterocycles. The topological polar surface area (TPSA) is 154 Å². The second-order valence-corrected chi connectivity index (χ2v) is 40.8. The summed E-state index contributed by atoms with van der Waals surface area (Å²) in [5.74, 6) is 5.31. The smallest absolute Gasteiger partial charge is 0.0796 e. The molecule has 0 amide bonds. The van der Waals surface area contributed by atoms with Crippen molar-refractivity contribution in [1.29, 1.82) is 0 Å². The third-order valence-electron chi connectivity index (χ3n) is 24.0. The van der Waals surface area contributed by atoms with Crippen LogP contribution in [0.25, 0.3) is 170 Å². The Bertz CT molecular complexity index is 8170. The van der Waals surface area contributed by atoms with Gasteiger partial charge in [-0.05, 0) is 225 Å². The normalized spacial score (nSPS) is 11.0. The minimum atomic E-state index is 0. The molecular weight excluding hydrogens is 2720 g/mol. The molecule has 23 aromatic rings. The maximum Gasteiger partial charge on any atom is 0.0796 e. The Hall–Kier alpha value is -11.4. The monoisotopic (exact) mass is 2830 g/mol. The molecule has 0 atom stereocenters. The first kappa shape index (κ1) is 105. The van der Waals surface area contributed by atoms with E-state index in [2.05, 4.69) is 362 Å². The molecule has 15 nitrogen and oxygen atoms in total. The van der Waals surface area contributed by atoms with Gasteiger partial charge in [-0.2, -0.15) is 56.7 Å². The molecule has 0 bridgehead atoms. The van der Waals surface area contributed by atoms with Gasteiger partial charge in [0.2, 0.25) is 0 Å². The minimum Gasteiger partial charge on any atom is -0.340 e. The maximum absolute atomic E-state index is 4.75. The van der Waals surface area contributed by atoms with E-state index < -0.39 is 0 Å². The molecule has 5 radical (unpaired) electrons. The standard InChI is InChI=1S/C29H20N3S.C25H20N3S.C23H24N3S.C20H18N3S.C19H16N3S.5Ir/c1-20-31-26-19-23(15-16-27(26)33-20)29-30-17-18-32(29)28-24(21-9-4-2-5-10-21)13-8-14-25(28)22-11-6-3-7-12-22;1-16-13-21(19-7-5-4-6-8-19)14-17(2)24(16)28-12-11-26-25(28)20-9-10-23-22(15-20)27-18(3)29-23;1-14(2)18-7-6-8-19(15(3)4)22(18)26-12-11-24-23(26)17-9-10-21-20(13-17)25-16(5)27-21;1-12-9-13(2)19(14(3)10-12)23-8-7-21-20(23)16-5-6-18-17(11-16)22-15(4)24-18;1-12-5-4-6-13(2)18(12)22-10-9-20-19(22)15-7-8-17-16(11-15)21-14(3)23-17;;;;;/h2-14,16-19H,1H3;4-8,10-15H,1-3H3;6-8,10-15H,1-5H3;6-11H,1-4H3;4-6,8-11H,1-3H3;;;;;/q5*-1;;;;;. The number of fused-ring (bicyclic) bond motifs is 5.